The molecule has 1 fully saturated rings. The lowest BCUT2D eigenvalue weighted by molar-refractivity contribution is -0.129. The number of nitrogens with zero attached hydrogens (tertiary/aromatic N) is 2. The van der Waals surface area contributed by atoms with Crippen LogP contribution >= 0.6 is 0 Å². The Morgan fingerprint density at radius 1 is 1.45 bits per heavy atom. The van der Waals surface area contributed by atoms with E-state index in [9.17, 15) is 9.59 Å². The number of hydrogen-bond acceptors (Lipinski definition) is 6. The van der Waals surface area contributed by atoms with E-state index in [4.69, 9.17) is 0 Å². The largest absolute Gasteiger partial charge is 0.464 e. The van der Waals surface area contributed by atoms with Gasteiger partial charge in [0.1, 0.15) is 5.69 Å². The summed E-state index contributed by atoms with van der Waals surface area (Å²) < 4.78 is 4.60. The molecule has 0 aromatic carbocycles. The average molecular weight is 278 g/mol. The summed E-state index contributed by atoms with van der Waals surface area (Å²) in [7, 11) is 1.30. The molecule has 2 N–H and O–H groups in total. The number of nitrogens with one attached hydrogen (secondary N) is 2. The molecule has 20 heavy (non-hydrogen) atoms. The van der Waals surface area contributed by atoms with Crippen molar-refractivity contribution in [2.75, 3.05) is 45.2 Å². The average Bonchev–Trinajstić information content (AvgIpc) is 2.53. The Bertz CT molecular complexity index is 486. The molecular formula is C13H18N4O3. The van der Waals surface area contributed by atoms with Crippen molar-refractivity contribution in [1.82, 2.24) is 15.2 Å². The van der Waals surface area contributed by atoms with E-state index in [1.54, 1.807) is 12.1 Å². The van der Waals surface area contributed by atoms with Gasteiger partial charge in [-0.3, -0.25) is 4.79 Å². The van der Waals surface area contributed by atoms with Crippen molar-refractivity contribution < 1.29 is 14.3 Å². The number of piperazine rings is 1. The third-order valence-corrected chi connectivity index (χ3v) is 3.07. The molecule has 1 aliphatic heterocycles. The first kappa shape index (κ1) is 14.3. The summed E-state index contributed by atoms with van der Waals surface area (Å²) in [6.45, 7) is 3.31. The Labute approximate surface area is 117 Å². The molecular weight excluding hydrogens is 260 g/mol. The maximum absolute atomic E-state index is 12.0. The van der Waals surface area contributed by atoms with Gasteiger partial charge in [0.2, 0.25) is 5.91 Å². The number of aromatic nitrogens is 1. The fourth-order valence-corrected chi connectivity index (χ4v) is 1.96. The quantitative estimate of drug-likeness (QED) is 0.737. The molecule has 0 spiro atoms. The number of amides is 1. The SMILES string of the molecule is COC(=O)c1cc(NCC(=O)N2CCNCC2)ccn1. The van der Waals surface area contributed by atoms with E-state index in [1.165, 1.54) is 13.3 Å². The van der Waals surface area contributed by atoms with Crippen LogP contribution in [0.15, 0.2) is 18.3 Å². The number of carbonyl (C=O) groups is 2. The molecule has 7 nitrogen and oxygen atoms in total. The molecule has 0 atom stereocenters. The third-order valence-electron chi connectivity index (χ3n) is 3.07. The first-order chi connectivity index (χ1) is 9.70. The Morgan fingerprint density at radius 2 is 2.20 bits per heavy atom. The summed E-state index contributed by atoms with van der Waals surface area (Å²) in [6, 6.07) is 3.27. The second-order valence-corrected chi connectivity index (χ2v) is 4.41. The van der Waals surface area contributed by atoms with Crippen molar-refractivity contribution in [3.8, 4) is 0 Å². The van der Waals surface area contributed by atoms with Crippen LogP contribution in [0.2, 0.25) is 0 Å². The maximum Gasteiger partial charge on any atom is 0.356 e. The minimum atomic E-state index is -0.498. The van der Waals surface area contributed by atoms with Crippen LogP contribution in [-0.2, 0) is 9.53 Å². The van der Waals surface area contributed by atoms with E-state index in [1.807, 2.05) is 4.90 Å². The molecule has 0 unspecified atom stereocenters. The standard InChI is InChI=1S/C13H18N4O3/c1-20-13(19)11-8-10(2-3-15-11)16-9-12(18)17-6-4-14-5-7-17/h2-3,8,14H,4-7,9H2,1H3,(H,15,16). The van der Waals surface area contributed by atoms with Crippen LogP contribution in [0.5, 0.6) is 0 Å². The van der Waals surface area contributed by atoms with Crippen LogP contribution in [0, 0.1) is 0 Å². The molecule has 108 valence electrons. The lowest BCUT2D eigenvalue weighted by atomic mass is 10.3. The first-order valence-electron chi connectivity index (χ1n) is 6.47. The van der Waals surface area contributed by atoms with Crippen molar-refractivity contribution in [3.63, 3.8) is 0 Å². The van der Waals surface area contributed by atoms with Gasteiger partial charge in [-0.25, -0.2) is 9.78 Å². The minimum absolute atomic E-state index is 0.0444. The van der Waals surface area contributed by atoms with E-state index in [2.05, 4.69) is 20.4 Å². The Kier molecular flexibility index (Phi) is 4.89. The second kappa shape index (κ2) is 6.85. The number of carbonyl (C=O) groups excluding carboxylic acids is 2. The molecule has 1 aliphatic rings. The van der Waals surface area contributed by atoms with Crippen molar-refractivity contribution in [3.05, 3.63) is 24.0 Å². The van der Waals surface area contributed by atoms with Gasteiger partial charge < -0.3 is 20.3 Å². The predicted molar refractivity (Wildman–Crippen MR) is 73.5 cm³/mol. The molecule has 1 aromatic heterocycles. The Balaban J connectivity index is 1.90. The summed E-state index contributed by atoms with van der Waals surface area (Å²) in [5.74, 6) is -0.454. The highest BCUT2D eigenvalue weighted by atomic mass is 16.5. The van der Waals surface area contributed by atoms with Gasteiger partial charge in [0.15, 0.2) is 0 Å². The van der Waals surface area contributed by atoms with Gasteiger partial charge in [-0.05, 0) is 12.1 Å². The van der Waals surface area contributed by atoms with E-state index >= 15 is 0 Å². The number of esters is 1. The van der Waals surface area contributed by atoms with Gasteiger partial charge in [0, 0.05) is 38.1 Å². The number of hydrogen-bond donors (Lipinski definition) is 2. The van der Waals surface area contributed by atoms with Crippen molar-refractivity contribution in [2.24, 2.45) is 0 Å². The summed E-state index contributed by atoms with van der Waals surface area (Å²) >= 11 is 0. The predicted octanol–water partition coefficient (Wildman–Crippen LogP) is -0.288. The van der Waals surface area contributed by atoms with Crippen LogP contribution in [0.4, 0.5) is 5.69 Å². The molecule has 0 bridgehead atoms. The zero-order valence-electron chi connectivity index (χ0n) is 11.4. The van der Waals surface area contributed by atoms with Gasteiger partial charge >= 0.3 is 5.97 Å². The summed E-state index contributed by atoms with van der Waals surface area (Å²) in [5.41, 5.74) is 0.885. The van der Waals surface area contributed by atoms with Crippen LogP contribution < -0.4 is 10.6 Å². The molecule has 2 rings (SSSR count). The smallest absolute Gasteiger partial charge is 0.356 e. The number of rotatable bonds is 4. The van der Waals surface area contributed by atoms with Crippen molar-refractivity contribution in [1.29, 1.82) is 0 Å². The normalized spacial score (nSPS) is 14.8. The number of ether oxygens (including phenoxy) is 1. The highest BCUT2D eigenvalue weighted by Gasteiger charge is 2.15. The molecule has 7 heteroatoms. The Hall–Kier alpha value is -2.15. The zero-order valence-corrected chi connectivity index (χ0v) is 11.4. The molecule has 0 saturated carbocycles. The van der Waals surface area contributed by atoms with Crippen molar-refractivity contribution >= 4 is 17.6 Å². The highest BCUT2D eigenvalue weighted by molar-refractivity contribution is 5.88. The molecule has 1 aromatic rings. The van der Waals surface area contributed by atoms with Crippen molar-refractivity contribution in [2.45, 2.75) is 0 Å². The fourth-order valence-electron chi connectivity index (χ4n) is 1.96. The monoisotopic (exact) mass is 278 g/mol. The molecule has 1 amide bonds. The van der Waals surface area contributed by atoms with Gasteiger partial charge in [-0.2, -0.15) is 0 Å². The highest BCUT2D eigenvalue weighted by Crippen LogP contribution is 2.08. The van der Waals surface area contributed by atoms with Gasteiger partial charge in [-0.1, -0.05) is 0 Å². The van der Waals surface area contributed by atoms with Gasteiger partial charge in [0.05, 0.1) is 13.7 Å². The maximum atomic E-state index is 12.0. The van der Waals surface area contributed by atoms with E-state index in [-0.39, 0.29) is 18.1 Å². The van der Waals surface area contributed by atoms with E-state index < -0.39 is 5.97 Å². The zero-order chi connectivity index (χ0) is 14.4. The summed E-state index contributed by atoms with van der Waals surface area (Å²) in [4.78, 5) is 29.1. The topological polar surface area (TPSA) is 83.6 Å². The lowest BCUT2D eigenvalue weighted by Crippen LogP contribution is -2.48. The third kappa shape index (κ3) is 3.67. The molecule has 2 heterocycles. The number of methoxy groups -OCH3 is 1. The Morgan fingerprint density at radius 3 is 2.90 bits per heavy atom. The van der Waals surface area contributed by atoms with E-state index in [0.717, 1.165) is 26.2 Å². The fraction of sp³-hybridized carbons (Fsp3) is 0.462. The lowest BCUT2D eigenvalue weighted by Gasteiger charge is -2.27. The van der Waals surface area contributed by atoms with Crippen LogP contribution in [-0.4, -0.2) is 61.6 Å². The number of pyridine rings is 1. The minimum Gasteiger partial charge on any atom is -0.464 e. The summed E-state index contributed by atoms with van der Waals surface area (Å²) in [5, 5.41) is 6.20. The molecule has 0 radical (unpaired) electrons. The summed E-state index contributed by atoms with van der Waals surface area (Å²) in [6.07, 6.45) is 1.50. The molecule has 0 aliphatic carbocycles. The first-order valence-corrected chi connectivity index (χ1v) is 6.47. The van der Waals surface area contributed by atoms with Crippen LogP contribution in [0.25, 0.3) is 0 Å². The second-order valence-electron chi connectivity index (χ2n) is 4.41. The van der Waals surface area contributed by atoms with Crippen LogP contribution in [0.1, 0.15) is 10.5 Å². The molecule has 1 saturated heterocycles. The van der Waals surface area contributed by atoms with Gasteiger partial charge in [-0.15, -0.1) is 0 Å². The van der Waals surface area contributed by atoms with E-state index in [0.29, 0.717) is 5.69 Å². The van der Waals surface area contributed by atoms with Gasteiger partial charge in [0.25, 0.3) is 0 Å². The number of anilines is 1. The van der Waals surface area contributed by atoms with Crippen LogP contribution in [0.3, 0.4) is 0 Å².